The van der Waals surface area contributed by atoms with E-state index >= 15 is 0 Å². The molecule has 0 saturated heterocycles. The summed E-state index contributed by atoms with van der Waals surface area (Å²) in [5.74, 6) is 0.811. The second-order valence-corrected chi connectivity index (χ2v) is 4.20. The monoisotopic (exact) mass is 248 g/mol. The van der Waals surface area contributed by atoms with Crippen molar-refractivity contribution in [2.75, 3.05) is 17.7 Å². The van der Waals surface area contributed by atoms with Crippen molar-refractivity contribution in [1.29, 1.82) is 0 Å². The van der Waals surface area contributed by atoms with Gasteiger partial charge in [-0.05, 0) is 19.1 Å². The number of rotatable bonds is 2. The number of nitrogens with zero attached hydrogens (tertiary/aromatic N) is 3. The first-order valence-electron chi connectivity index (χ1n) is 5.16. The second kappa shape index (κ2) is 4.59. The van der Waals surface area contributed by atoms with Gasteiger partial charge in [-0.3, -0.25) is 0 Å². The van der Waals surface area contributed by atoms with E-state index in [9.17, 15) is 0 Å². The van der Waals surface area contributed by atoms with Crippen LogP contribution in [-0.4, -0.2) is 17.0 Å². The highest BCUT2D eigenvalue weighted by atomic mass is 35.5. The van der Waals surface area contributed by atoms with Crippen molar-refractivity contribution in [3.63, 3.8) is 0 Å². The Balaban J connectivity index is 2.39. The molecule has 2 aromatic rings. The van der Waals surface area contributed by atoms with Gasteiger partial charge in [-0.15, -0.1) is 0 Å². The zero-order valence-corrected chi connectivity index (χ0v) is 10.4. The number of aromatic nitrogens is 2. The van der Waals surface area contributed by atoms with Crippen molar-refractivity contribution in [3.8, 4) is 0 Å². The van der Waals surface area contributed by atoms with E-state index in [0.29, 0.717) is 10.8 Å². The Kier molecular flexibility index (Phi) is 3.15. The topological polar surface area (TPSA) is 55.0 Å². The fourth-order valence-corrected chi connectivity index (χ4v) is 1.72. The lowest BCUT2D eigenvalue weighted by molar-refractivity contribution is 1.09. The molecule has 0 amide bonds. The van der Waals surface area contributed by atoms with Crippen LogP contribution in [0.25, 0.3) is 0 Å². The summed E-state index contributed by atoms with van der Waals surface area (Å²) in [6.07, 6.45) is 1.50. The molecule has 1 aromatic carbocycles. The van der Waals surface area contributed by atoms with Crippen LogP contribution >= 0.6 is 11.6 Å². The molecule has 0 atom stereocenters. The van der Waals surface area contributed by atoms with E-state index in [1.165, 1.54) is 11.8 Å². The summed E-state index contributed by atoms with van der Waals surface area (Å²) < 4.78 is 0. The van der Waals surface area contributed by atoms with Crippen molar-refractivity contribution in [2.24, 2.45) is 0 Å². The van der Waals surface area contributed by atoms with Crippen molar-refractivity contribution >= 4 is 29.1 Å². The van der Waals surface area contributed by atoms with Crippen molar-refractivity contribution in [3.05, 3.63) is 41.0 Å². The Morgan fingerprint density at radius 3 is 2.53 bits per heavy atom. The van der Waals surface area contributed by atoms with Gasteiger partial charge in [0.15, 0.2) is 5.82 Å². The van der Waals surface area contributed by atoms with Crippen LogP contribution in [0.3, 0.4) is 0 Å². The van der Waals surface area contributed by atoms with Gasteiger partial charge in [0.05, 0.1) is 6.20 Å². The first-order chi connectivity index (χ1) is 8.08. The Morgan fingerprint density at radius 1 is 1.24 bits per heavy atom. The van der Waals surface area contributed by atoms with Gasteiger partial charge in [0, 0.05) is 12.7 Å². The minimum absolute atomic E-state index is 0.211. The first kappa shape index (κ1) is 11.7. The molecule has 4 nitrogen and oxygen atoms in total. The number of hydrogen-bond donors (Lipinski definition) is 1. The quantitative estimate of drug-likeness (QED) is 0.888. The minimum Gasteiger partial charge on any atom is -0.368 e. The molecule has 1 heterocycles. The largest absolute Gasteiger partial charge is 0.368 e. The van der Waals surface area contributed by atoms with Crippen LogP contribution in [0.15, 0.2) is 30.5 Å². The van der Waals surface area contributed by atoms with Crippen LogP contribution < -0.4 is 10.6 Å². The number of anilines is 3. The van der Waals surface area contributed by atoms with E-state index in [2.05, 4.69) is 9.97 Å². The van der Waals surface area contributed by atoms with Gasteiger partial charge < -0.3 is 10.6 Å². The standard InChI is InChI=1S/C12H13ClN4/c1-8-3-5-9(6-4-8)17(2)11-10(13)7-15-12(14)16-11/h3-7H,1-2H3,(H2,14,15,16). The van der Waals surface area contributed by atoms with Gasteiger partial charge in [0.2, 0.25) is 5.95 Å². The van der Waals surface area contributed by atoms with E-state index in [1.807, 2.05) is 43.1 Å². The third-order valence-electron chi connectivity index (χ3n) is 2.48. The van der Waals surface area contributed by atoms with Gasteiger partial charge in [-0.25, -0.2) is 4.98 Å². The molecule has 1 aromatic heterocycles. The van der Waals surface area contributed by atoms with Crippen LogP contribution in [0.4, 0.5) is 17.5 Å². The SMILES string of the molecule is Cc1ccc(N(C)c2nc(N)ncc2Cl)cc1. The molecule has 0 bridgehead atoms. The maximum absolute atomic E-state index is 6.05. The van der Waals surface area contributed by atoms with Crippen LogP contribution in [0.1, 0.15) is 5.56 Å². The molecular formula is C12H13ClN4. The predicted molar refractivity (Wildman–Crippen MR) is 70.7 cm³/mol. The molecule has 88 valence electrons. The van der Waals surface area contributed by atoms with Crippen molar-refractivity contribution < 1.29 is 0 Å². The summed E-state index contributed by atoms with van der Waals surface area (Å²) in [6.45, 7) is 2.04. The van der Waals surface area contributed by atoms with E-state index in [1.54, 1.807) is 0 Å². The molecule has 0 spiro atoms. The van der Waals surface area contributed by atoms with E-state index in [-0.39, 0.29) is 5.95 Å². The maximum Gasteiger partial charge on any atom is 0.222 e. The summed E-state index contributed by atoms with van der Waals surface area (Å²) in [7, 11) is 1.89. The molecular weight excluding hydrogens is 236 g/mol. The molecule has 0 aliphatic heterocycles. The van der Waals surface area contributed by atoms with Gasteiger partial charge in [0.25, 0.3) is 0 Å². The lowest BCUT2D eigenvalue weighted by Crippen LogP contribution is -2.13. The van der Waals surface area contributed by atoms with Gasteiger partial charge in [0.1, 0.15) is 5.02 Å². The fraction of sp³-hybridized carbons (Fsp3) is 0.167. The van der Waals surface area contributed by atoms with E-state index in [0.717, 1.165) is 5.69 Å². The second-order valence-electron chi connectivity index (χ2n) is 3.79. The van der Waals surface area contributed by atoms with E-state index in [4.69, 9.17) is 17.3 Å². The predicted octanol–water partition coefficient (Wildman–Crippen LogP) is 2.79. The third kappa shape index (κ3) is 2.47. The van der Waals surface area contributed by atoms with Crippen LogP contribution in [-0.2, 0) is 0 Å². The average Bonchev–Trinajstić information content (AvgIpc) is 2.32. The summed E-state index contributed by atoms with van der Waals surface area (Å²) in [5, 5.41) is 0.474. The van der Waals surface area contributed by atoms with Crippen LogP contribution in [0.5, 0.6) is 0 Å². The summed E-state index contributed by atoms with van der Waals surface area (Å²) >= 11 is 6.05. The first-order valence-corrected chi connectivity index (χ1v) is 5.54. The van der Waals surface area contributed by atoms with E-state index < -0.39 is 0 Å². The number of aryl methyl sites for hydroxylation is 1. The smallest absolute Gasteiger partial charge is 0.222 e. The molecule has 2 N–H and O–H groups in total. The lowest BCUT2D eigenvalue weighted by Gasteiger charge is -2.19. The number of benzene rings is 1. The molecule has 0 fully saturated rings. The normalized spacial score (nSPS) is 10.3. The van der Waals surface area contributed by atoms with Gasteiger partial charge in [-0.1, -0.05) is 29.3 Å². The number of nitrogen functional groups attached to an aromatic ring is 1. The Bertz CT molecular complexity index is 525. The number of nitrogens with two attached hydrogens (primary N) is 1. The third-order valence-corrected chi connectivity index (χ3v) is 2.75. The molecule has 2 rings (SSSR count). The highest BCUT2D eigenvalue weighted by molar-refractivity contribution is 6.33. The number of halogens is 1. The van der Waals surface area contributed by atoms with Crippen molar-refractivity contribution in [2.45, 2.75) is 6.92 Å². The highest BCUT2D eigenvalue weighted by Gasteiger charge is 2.10. The maximum atomic E-state index is 6.05. The Morgan fingerprint density at radius 2 is 1.88 bits per heavy atom. The molecule has 0 aliphatic carbocycles. The fourth-order valence-electron chi connectivity index (χ4n) is 1.50. The van der Waals surface area contributed by atoms with Crippen molar-refractivity contribution in [1.82, 2.24) is 9.97 Å². The molecule has 5 heteroatoms. The Labute approximate surface area is 105 Å². The van der Waals surface area contributed by atoms with Crippen LogP contribution in [0.2, 0.25) is 5.02 Å². The number of hydrogen-bond acceptors (Lipinski definition) is 4. The van der Waals surface area contributed by atoms with Gasteiger partial charge >= 0.3 is 0 Å². The zero-order valence-electron chi connectivity index (χ0n) is 9.68. The summed E-state index contributed by atoms with van der Waals surface area (Å²) in [6, 6.07) is 8.07. The molecule has 0 saturated carbocycles. The Hall–Kier alpha value is -1.81. The zero-order chi connectivity index (χ0) is 12.4. The summed E-state index contributed by atoms with van der Waals surface area (Å²) in [5.41, 5.74) is 7.76. The minimum atomic E-state index is 0.211. The van der Waals surface area contributed by atoms with Gasteiger partial charge in [-0.2, -0.15) is 4.98 Å². The molecule has 17 heavy (non-hydrogen) atoms. The molecule has 0 aliphatic rings. The average molecular weight is 249 g/mol. The molecule has 0 radical (unpaired) electrons. The highest BCUT2D eigenvalue weighted by Crippen LogP contribution is 2.28. The van der Waals surface area contributed by atoms with Crippen LogP contribution in [0, 0.1) is 6.92 Å². The molecule has 0 unspecified atom stereocenters. The summed E-state index contributed by atoms with van der Waals surface area (Å²) in [4.78, 5) is 9.84. The lowest BCUT2D eigenvalue weighted by atomic mass is 10.2.